The van der Waals surface area contributed by atoms with Gasteiger partial charge in [0.2, 0.25) is 0 Å². The van der Waals surface area contributed by atoms with Gasteiger partial charge in [-0.3, -0.25) is 16.3 Å². The number of rotatable bonds is 4. The van der Waals surface area contributed by atoms with Crippen molar-refractivity contribution in [2.75, 3.05) is 0 Å². The lowest BCUT2D eigenvalue weighted by molar-refractivity contribution is 0.560. The molecule has 0 fully saturated rings. The molecule has 1 unspecified atom stereocenters. The van der Waals surface area contributed by atoms with Crippen molar-refractivity contribution in [3.05, 3.63) is 49.9 Å². The van der Waals surface area contributed by atoms with E-state index in [2.05, 4.69) is 10.4 Å². The van der Waals surface area contributed by atoms with E-state index >= 15 is 0 Å². The Morgan fingerprint density at radius 2 is 2.28 bits per heavy atom. The maximum Gasteiger partial charge on any atom is 0.0622 e. The fourth-order valence-electron chi connectivity index (χ4n) is 1.70. The number of hydrogen-bond acceptors (Lipinski definition) is 4. The van der Waals surface area contributed by atoms with Gasteiger partial charge in [-0.2, -0.15) is 0 Å². The molecule has 0 aliphatic heterocycles. The van der Waals surface area contributed by atoms with Crippen LogP contribution in [0.4, 0.5) is 0 Å². The SMILES string of the molecule is Cc1csc(C(Cc2ccncc2Cl)NN)c1Cl. The fourth-order valence-corrected chi connectivity index (χ4v) is 3.28. The molecule has 0 spiro atoms. The molecule has 3 nitrogen and oxygen atoms in total. The Morgan fingerprint density at radius 1 is 1.50 bits per heavy atom. The Labute approximate surface area is 120 Å². The van der Waals surface area contributed by atoms with E-state index < -0.39 is 0 Å². The molecule has 0 aliphatic rings. The van der Waals surface area contributed by atoms with Gasteiger partial charge in [-0.25, -0.2) is 0 Å². The number of hydrogen-bond donors (Lipinski definition) is 2. The summed E-state index contributed by atoms with van der Waals surface area (Å²) >= 11 is 14.0. The van der Waals surface area contributed by atoms with Crippen LogP contribution in [0.2, 0.25) is 10.0 Å². The number of nitrogens with zero attached hydrogens (tertiary/aromatic N) is 1. The largest absolute Gasteiger partial charge is 0.271 e. The summed E-state index contributed by atoms with van der Waals surface area (Å²) in [4.78, 5) is 5.00. The highest BCUT2D eigenvalue weighted by Crippen LogP contribution is 2.34. The van der Waals surface area contributed by atoms with E-state index in [0.717, 1.165) is 21.0 Å². The van der Waals surface area contributed by atoms with Crippen molar-refractivity contribution in [2.24, 2.45) is 5.84 Å². The smallest absolute Gasteiger partial charge is 0.0622 e. The number of pyridine rings is 1. The predicted molar refractivity (Wildman–Crippen MR) is 77.1 cm³/mol. The van der Waals surface area contributed by atoms with Gasteiger partial charge in [0.15, 0.2) is 0 Å². The highest BCUT2D eigenvalue weighted by Gasteiger charge is 2.18. The minimum absolute atomic E-state index is 0.0453. The molecule has 0 bridgehead atoms. The lowest BCUT2D eigenvalue weighted by atomic mass is 10.1. The third kappa shape index (κ3) is 2.84. The Bertz CT molecular complexity index is 542. The van der Waals surface area contributed by atoms with Crippen molar-refractivity contribution < 1.29 is 0 Å². The average molecular weight is 302 g/mol. The lowest BCUT2D eigenvalue weighted by Gasteiger charge is -2.15. The van der Waals surface area contributed by atoms with Crippen molar-refractivity contribution in [3.8, 4) is 0 Å². The monoisotopic (exact) mass is 301 g/mol. The first-order valence-electron chi connectivity index (χ1n) is 5.41. The van der Waals surface area contributed by atoms with Crippen LogP contribution in [0.5, 0.6) is 0 Å². The van der Waals surface area contributed by atoms with Gasteiger partial charge >= 0.3 is 0 Å². The Hall–Kier alpha value is -0.650. The molecule has 0 saturated carbocycles. The van der Waals surface area contributed by atoms with Crippen LogP contribution < -0.4 is 11.3 Å². The third-order valence-corrected chi connectivity index (χ3v) is 4.89. The van der Waals surface area contributed by atoms with Gasteiger partial charge in [-0.1, -0.05) is 23.2 Å². The molecule has 0 saturated heterocycles. The lowest BCUT2D eigenvalue weighted by Crippen LogP contribution is -2.29. The molecule has 2 aromatic rings. The first kappa shape index (κ1) is 13.8. The number of aromatic nitrogens is 1. The molecule has 0 aliphatic carbocycles. The van der Waals surface area contributed by atoms with Crippen LogP contribution in [0.3, 0.4) is 0 Å². The maximum atomic E-state index is 6.26. The number of thiophene rings is 1. The number of hydrazine groups is 1. The average Bonchev–Trinajstić information content (AvgIpc) is 2.70. The van der Waals surface area contributed by atoms with Crippen LogP contribution in [-0.2, 0) is 6.42 Å². The van der Waals surface area contributed by atoms with Gasteiger partial charge in [0, 0.05) is 17.3 Å². The maximum absolute atomic E-state index is 6.26. The highest BCUT2D eigenvalue weighted by molar-refractivity contribution is 7.10. The normalized spacial score (nSPS) is 12.7. The van der Waals surface area contributed by atoms with E-state index in [-0.39, 0.29) is 6.04 Å². The second kappa shape index (κ2) is 5.99. The molecule has 2 rings (SSSR count). The van der Waals surface area contributed by atoms with Crippen LogP contribution in [-0.4, -0.2) is 4.98 Å². The van der Waals surface area contributed by atoms with Crippen molar-refractivity contribution in [3.63, 3.8) is 0 Å². The number of aryl methyl sites for hydroxylation is 1. The Kier molecular flexibility index (Phi) is 4.59. The number of nitrogens with one attached hydrogen (secondary N) is 1. The van der Waals surface area contributed by atoms with E-state index in [4.69, 9.17) is 29.0 Å². The van der Waals surface area contributed by atoms with Crippen LogP contribution in [0.1, 0.15) is 22.0 Å². The molecule has 3 N–H and O–H groups in total. The minimum Gasteiger partial charge on any atom is -0.271 e. The minimum atomic E-state index is -0.0453. The summed E-state index contributed by atoms with van der Waals surface area (Å²) in [7, 11) is 0. The molecule has 1 atom stereocenters. The quantitative estimate of drug-likeness (QED) is 0.671. The molecule has 0 radical (unpaired) electrons. The molecular weight excluding hydrogens is 289 g/mol. The van der Waals surface area contributed by atoms with Gasteiger partial charge in [-0.05, 0) is 35.9 Å². The van der Waals surface area contributed by atoms with E-state index in [1.54, 1.807) is 23.7 Å². The van der Waals surface area contributed by atoms with Gasteiger partial charge in [0.1, 0.15) is 0 Å². The molecule has 18 heavy (non-hydrogen) atoms. The van der Waals surface area contributed by atoms with Crippen molar-refractivity contribution in [1.82, 2.24) is 10.4 Å². The summed E-state index contributed by atoms with van der Waals surface area (Å²) in [5.74, 6) is 5.62. The summed E-state index contributed by atoms with van der Waals surface area (Å²) in [6, 6.07) is 1.84. The van der Waals surface area contributed by atoms with Crippen molar-refractivity contribution in [1.29, 1.82) is 0 Å². The third-order valence-electron chi connectivity index (χ3n) is 2.72. The molecule has 0 aromatic carbocycles. The van der Waals surface area contributed by atoms with Gasteiger partial charge in [0.25, 0.3) is 0 Å². The summed E-state index contributed by atoms with van der Waals surface area (Å²) in [5, 5.41) is 3.44. The molecule has 2 heterocycles. The van der Waals surface area contributed by atoms with Crippen LogP contribution in [0, 0.1) is 6.92 Å². The zero-order valence-electron chi connectivity index (χ0n) is 9.78. The highest BCUT2D eigenvalue weighted by atomic mass is 35.5. The standard InChI is InChI=1S/C12H13Cl2N3S/c1-7-6-18-12(11(7)14)10(17-15)4-8-2-3-16-5-9(8)13/h2-3,5-6,10,17H,4,15H2,1H3. The molecule has 2 aromatic heterocycles. The van der Waals surface area contributed by atoms with E-state index in [9.17, 15) is 0 Å². The van der Waals surface area contributed by atoms with Crippen LogP contribution in [0.25, 0.3) is 0 Å². The summed E-state index contributed by atoms with van der Waals surface area (Å²) in [5.41, 5.74) is 4.86. The Balaban J connectivity index is 2.25. The Morgan fingerprint density at radius 3 is 2.83 bits per heavy atom. The van der Waals surface area contributed by atoms with E-state index in [0.29, 0.717) is 11.4 Å². The second-order valence-electron chi connectivity index (χ2n) is 3.99. The zero-order valence-corrected chi connectivity index (χ0v) is 12.1. The zero-order chi connectivity index (χ0) is 13.1. The predicted octanol–water partition coefficient (Wildman–Crippen LogP) is 3.51. The first-order chi connectivity index (χ1) is 8.63. The first-order valence-corrected chi connectivity index (χ1v) is 7.05. The van der Waals surface area contributed by atoms with Gasteiger partial charge in [-0.15, -0.1) is 11.3 Å². The van der Waals surface area contributed by atoms with Crippen molar-refractivity contribution in [2.45, 2.75) is 19.4 Å². The molecule has 96 valence electrons. The van der Waals surface area contributed by atoms with Crippen LogP contribution >= 0.6 is 34.5 Å². The molecule has 6 heteroatoms. The van der Waals surface area contributed by atoms with Gasteiger partial charge in [0.05, 0.1) is 16.1 Å². The second-order valence-corrected chi connectivity index (χ2v) is 5.68. The van der Waals surface area contributed by atoms with E-state index in [1.165, 1.54) is 0 Å². The summed E-state index contributed by atoms with van der Waals surface area (Å²) in [6.07, 6.45) is 4.03. The fraction of sp³-hybridized carbons (Fsp3) is 0.250. The topological polar surface area (TPSA) is 50.9 Å². The van der Waals surface area contributed by atoms with Gasteiger partial charge < -0.3 is 0 Å². The summed E-state index contributed by atoms with van der Waals surface area (Å²) in [6.45, 7) is 1.98. The van der Waals surface area contributed by atoms with Crippen molar-refractivity contribution >= 4 is 34.5 Å². The molecular formula is C12H13Cl2N3S. The number of nitrogens with two attached hydrogens (primary N) is 1. The summed E-state index contributed by atoms with van der Waals surface area (Å²) < 4.78 is 0. The molecule has 0 amide bonds. The number of halogens is 2. The van der Waals surface area contributed by atoms with Crippen LogP contribution in [0.15, 0.2) is 23.8 Å². The van der Waals surface area contributed by atoms with E-state index in [1.807, 2.05) is 18.4 Å².